The van der Waals surface area contributed by atoms with Gasteiger partial charge in [0.1, 0.15) is 0 Å². The predicted molar refractivity (Wildman–Crippen MR) is 50.4 cm³/mol. The summed E-state index contributed by atoms with van der Waals surface area (Å²) in [5.74, 6) is -0.124. The van der Waals surface area contributed by atoms with Gasteiger partial charge in [0.15, 0.2) is 0 Å². The van der Waals surface area contributed by atoms with Crippen LogP contribution in [-0.2, 0) is 0 Å². The molecule has 1 aromatic rings. The Morgan fingerprint density at radius 1 is 1.86 bits per heavy atom. The number of carbonyl (C=O) groups is 1. The minimum atomic E-state index is -0.124. The van der Waals surface area contributed by atoms with Gasteiger partial charge in [0, 0.05) is 19.3 Å². The van der Waals surface area contributed by atoms with E-state index < -0.39 is 0 Å². The van der Waals surface area contributed by atoms with Gasteiger partial charge in [0.25, 0.3) is 5.91 Å². The van der Waals surface area contributed by atoms with Crippen molar-refractivity contribution in [2.75, 3.05) is 7.05 Å². The van der Waals surface area contributed by atoms with E-state index in [2.05, 4.69) is 10.2 Å². The van der Waals surface area contributed by atoms with E-state index in [-0.39, 0.29) is 11.9 Å². The Hall–Kier alpha value is -1.83. The molecule has 0 fully saturated rings. The van der Waals surface area contributed by atoms with Gasteiger partial charge in [0.2, 0.25) is 0 Å². The standard InChI is InChI=1S/C9H12N4O/c1-7(3-4-10)13(2)9(14)8-5-11-12-6-8/h5-7H,3H2,1-2H3,(H,11,12). The summed E-state index contributed by atoms with van der Waals surface area (Å²) >= 11 is 0. The molecule has 5 nitrogen and oxygen atoms in total. The average molecular weight is 192 g/mol. The molecular formula is C9H12N4O. The number of carbonyl (C=O) groups excluding carboxylic acids is 1. The van der Waals surface area contributed by atoms with Crippen molar-refractivity contribution in [1.29, 1.82) is 5.26 Å². The summed E-state index contributed by atoms with van der Waals surface area (Å²) in [5, 5.41) is 14.8. The molecular weight excluding hydrogens is 180 g/mol. The number of nitriles is 1. The third kappa shape index (κ3) is 2.10. The molecule has 74 valence electrons. The molecule has 0 aromatic carbocycles. The summed E-state index contributed by atoms with van der Waals surface area (Å²) in [6.45, 7) is 1.83. The number of rotatable bonds is 3. The highest BCUT2D eigenvalue weighted by Gasteiger charge is 2.17. The van der Waals surface area contributed by atoms with Crippen LogP contribution >= 0.6 is 0 Å². The summed E-state index contributed by atoms with van der Waals surface area (Å²) in [6.07, 6.45) is 3.34. The van der Waals surface area contributed by atoms with Gasteiger partial charge in [-0.05, 0) is 6.92 Å². The van der Waals surface area contributed by atoms with Crippen LogP contribution in [0.3, 0.4) is 0 Å². The van der Waals surface area contributed by atoms with Crippen LogP contribution in [0.25, 0.3) is 0 Å². The third-order valence-corrected chi connectivity index (χ3v) is 2.11. The lowest BCUT2D eigenvalue weighted by Gasteiger charge is -2.21. The SMILES string of the molecule is CC(CC#N)N(C)C(=O)c1cn[nH]c1. The minimum Gasteiger partial charge on any atom is -0.338 e. The molecule has 1 unspecified atom stereocenters. The molecule has 5 heteroatoms. The highest BCUT2D eigenvalue weighted by molar-refractivity contribution is 5.93. The Balaban J connectivity index is 2.67. The van der Waals surface area contributed by atoms with Crippen LogP contribution < -0.4 is 0 Å². The van der Waals surface area contributed by atoms with E-state index in [9.17, 15) is 4.79 Å². The van der Waals surface area contributed by atoms with E-state index >= 15 is 0 Å². The molecule has 0 bridgehead atoms. The molecule has 1 atom stereocenters. The molecule has 0 aliphatic carbocycles. The lowest BCUT2D eigenvalue weighted by molar-refractivity contribution is 0.0746. The summed E-state index contributed by atoms with van der Waals surface area (Å²) in [5.41, 5.74) is 0.511. The van der Waals surface area contributed by atoms with Crippen LogP contribution in [0.2, 0.25) is 0 Å². The zero-order valence-electron chi connectivity index (χ0n) is 8.19. The molecule has 0 saturated carbocycles. The Kier molecular flexibility index (Phi) is 3.24. The third-order valence-electron chi connectivity index (χ3n) is 2.11. The van der Waals surface area contributed by atoms with Crippen LogP contribution in [0.15, 0.2) is 12.4 Å². The van der Waals surface area contributed by atoms with E-state index in [1.54, 1.807) is 7.05 Å². The lowest BCUT2D eigenvalue weighted by Crippen LogP contribution is -2.34. The number of hydrogen-bond donors (Lipinski definition) is 1. The number of aromatic amines is 1. The molecule has 0 aliphatic rings. The Morgan fingerprint density at radius 2 is 2.57 bits per heavy atom. The molecule has 0 spiro atoms. The van der Waals surface area contributed by atoms with Gasteiger partial charge in [-0.25, -0.2) is 0 Å². The second-order valence-corrected chi connectivity index (χ2v) is 3.11. The highest BCUT2D eigenvalue weighted by Crippen LogP contribution is 2.06. The first kappa shape index (κ1) is 10.3. The van der Waals surface area contributed by atoms with Crippen molar-refractivity contribution in [3.05, 3.63) is 18.0 Å². The summed E-state index contributed by atoms with van der Waals surface area (Å²) in [6, 6.07) is 1.95. The second-order valence-electron chi connectivity index (χ2n) is 3.11. The zero-order chi connectivity index (χ0) is 10.6. The van der Waals surface area contributed by atoms with Gasteiger partial charge in [-0.2, -0.15) is 10.4 Å². The van der Waals surface area contributed by atoms with Gasteiger partial charge in [-0.3, -0.25) is 9.89 Å². The van der Waals surface area contributed by atoms with Crippen LogP contribution in [-0.4, -0.2) is 34.1 Å². The molecule has 0 saturated heterocycles. The molecule has 1 heterocycles. The minimum absolute atomic E-state index is 0.0811. The predicted octanol–water partition coefficient (Wildman–Crippen LogP) is 0.784. The largest absolute Gasteiger partial charge is 0.338 e. The van der Waals surface area contributed by atoms with Crippen LogP contribution in [0, 0.1) is 11.3 Å². The summed E-state index contributed by atoms with van der Waals surface area (Å²) in [4.78, 5) is 13.2. The van der Waals surface area contributed by atoms with Gasteiger partial charge in [-0.15, -0.1) is 0 Å². The van der Waals surface area contributed by atoms with E-state index in [1.165, 1.54) is 17.3 Å². The summed E-state index contributed by atoms with van der Waals surface area (Å²) < 4.78 is 0. The lowest BCUT2D eigenvalue weighted by atomic mass is 10.2. The van der Waals surface area contributed by atoms with Crippen molar-refractivity contribution in [2.45, 2.75) is 19.4 Å². The topological polar surface area (TPSA) is 72.8 Å². The molecule has 1 N–H and O–H groups in total. The Morgan fingerprint density at radius 3 is 3.07 bits per heavy atom. The second kappa shape index (κ2) is 4.42. The first-order valence-electron chi connectivity index (χ1n) is 4.29. The number of H-pyrrole nitrogens is 1. The van der Waals surface area contributed by atoms with E-state index in [1.807, 2.05) is 13.0 Å². The molecule has 14 heavy (non-hydrogen) atoms. The Bertz CT molecular complexity index is 338. The zero-order valence-corrected chi connectivity index (χ0v) is 8.19. The highest BCUT2D eigenvalue weighted by atomic mass is 16.2. The Labute approximate surface area is 82.3 Å². The number of hydrogen-bond acceptors (Lipinski definition) is 3. The smallest absolute Gasteiger partial charge is 0.257 e. The maximum absolute atomic E-state index is 11.7. The first-order chi connectivity index (χ1) is 6.66. The quantitative estimate of drug-likeness (QED) is 0.769. The van der Waals surface area contributed by atoms with Gasteiger partial charge < -0.3 is 4.90 Å². The van der Waals surface area contributed by atoms with E-state index in [0.717, 1.165) is 0 Å². The molecule has 1 rings (SSSR count). The monoisotopic (exact) mass is 192 g/mol. The maximum Gasteiger partial charge on any atom is 0.257 e. The average Bonchev–Trinajstić information content (AvgIpc) is 2.68. The normalized spacial score (nSPS) is 11.8. The molecule has 0 aliphatic heterocycles. The van der Waals surface area contributed by atoms with Crippen molar-refractivity contribution in [2.24, 2.45) is 0 Å². The number of nitrogens with one attached hydrogen (secondary N) is 1. The summed E-state index contributed by atoms with van der Waals surface area (Å²) in [7, 11) is 1.68. The fourth-order valence-corrected chi connectivity index (χ4v) is 1.04. The van der Waals surface area contributed by atoms with Crippen LogP contribution in [0.1, 0.15) is 23.7 Å². The number of amides is 1. The molecule has 0 radical (unpaired) electrons. The van der Waals surface area contributed by atoms with E-state index in [4.69, 9.17) is 5.26 Å². The van der Waals surface area contributed by atoms with Crippen molar-refractivity contribution < 1.29 is 4.79 Å². The van der Waals surface area contributed by atoms with Gasteiger partial charge in [0.05, 0.1) is 24.3 Å². The number of nitrogens with zero attached hydrogens (tertiary/aromatic N) is 3. The van der Waals surface area contributed by atoms with Gasteiger partial charge in [-0.1, -0.05) is 0 Å². The number of aromatic nitrogens is 2. The van der Waals surface area contributed by atoms with Crippen molar-refractivity contribution in [3.8, 4) is 6.07 Å². The van der Waals surface area contributed by atoms with Crippen molar-refractivity contribution in [1.82, 2.24) is 15.1 Å². The molecule has 1 amide bonds. The maximum atomic E-state index is 11.7. The van der Waals surface area contributed by atoms with Crippen molar-refractivity contribution >= 4 is 5.91 Å². The van der Waals surface area contributed by atoms with Crippen molar-refractivity contribution in [3.63, 3.8) is 0 Å². The fourth-order valence-electron chi connectivity index (χ4n) is 1.04. The van der Waals surface area contributed by atoms with Gasteiger partial charge >= 0.3 is 0 Å². The fraction of sp³-hybridized carbons (Fsp3) is 0.444. The van der Waals surface area contributed by atoms with Crippen LogP contribution in [0.4, 0.5) is 0 Å². The van der Waals surface area contributed by atoms with E-state index in [0.29, 0.717) is 12.0 Å². The van der Waals surface area contributed by atoms with Crippen LogP contribution in [0.5, 0.6) is 0 Å². The first-order valence-corrected chi connectivity index (χ1v) is 4.29. The molecule has 1 aromatic heterocycles.